The van der Waals surface area contributed by atoms with E-state index in [4.69, 9.17) is 14.5 Å². The zero-order chi connectivity index (χ0) is 24.4. The number of methoxy groups -OCH3 is 1. The van der Waals surface area contributed by atoms with Crippen molar-refractivity contribution in [3.8, 4) is 22.9 Å². The molecule has 1 atom stereocenters. The highest BCUT2D eigenvalue weighted by Gasteiger charge is 2.35. The van der Waals surface area contributed by atoms with Crippen LogP contribution < -0.4 is 14.4 Å². The summed E-state index contributed by atoms with van der Waals surface area (Å²) in [5, 5.41) is 11.3. The summed E-state index contributed by atoms with van der Waals surface area (Å²) in [4.78, 5) is 19.5. The number of amides is 1. The Morgan fingerprint density at radius 1 is 1.06 bits per heavy atom. The lowest BCUT2D eigenvalue weighted by molar-refractivity contribution is -0.118. The first kappa shape index (κ1) is 23.1. The number of carbonyl (C=O) groups excluding carboxylic acids is 1. The highest BCUT2D eigenvalue weighted by Crippen LogP contribution is 2.45. The number of fused-ring (bicyclic) bond motifs is 4. The maximum absolute atomic E-state index is 13.1. The van der Waals surface area contributed by atoms with E-state index in [9.17, 15) is 4.79 Å². The second-order valence-corrected chi connectivity index (χ2v) is 9.29. The Kier molecular flexibility index (Phi) is 6.55. The number of nitrogens with zero attached hydrogens (tertiary/aromatic N) is 4. The van der Waals surface area contributed by atoms with Crippen molar-refractivity contribution in [3.63, 3.8) is 0 Å². The van der Waals surface area contributed by atoms with Gasteiger partial charge in [0, 0.05) is 29.2 Å². The largest absolute Gasteiger partial charge is 0.496 e. The lowest BCUT2D eigenvalue weighted by atomic mass is 10.0. The maximum atomic E-state index is 13.1. The van der Waals surface area contributed by atoms with Gasteiger partial charge >= 0.3 is 0 Å². The number of hydrogen-bond donors (Lipinski definition) is 0. The van der Waals surface area contributed by atoms with Crippen molar-refractivity contribution >= 4 is 34.1 Å². The molecular weight excluding hydrogens is 460 g/mol. The van der Waals surface area contributed by atoms with Crippen LogP contribution in [0.15, 0.2) is 65.8 Å². The molecule has 35 heavy (non-hydrogen) atoms. The van der Waals surface area contributed by atoms with E-state index in [1.54, 1.807) is 30.7 Å². The van der Waals surface area contributed by atoms with Crippen LogP contribution in [0.4, 0.5) is 5.69 Å². The molecule has 0 saturated heterocycles. The van der Waals surface area contributed by atoms with Crippen LogP contribution in [0.25, 0.3) is 22.0 Å². The third kappa shape index (κ3) is 4.30. The predicted molar refractivity (Wildman–Crippen MR) is 138 cm³/mol. The molecule has 0 spiro atoms. The number of unbranched alkanes of at least 4 members (excludes halogenated alkanes) is 1. The number of anilines is 1. The van der Waals surface area contributed by atoms with Crippen LogP contribution in [-0.2, 0) is 4.79 Å². The van der Waals surface area contributed by atoms with Gasteiger partial charge in [-0.2, -0.15) is 4.98 Å². The number of benzene rings is 3. The minimum absolute atomic E-state index is 0.152. The van der Waals surface area contributed by atoms with Crippen molar-refractivity contribution in [2.45, 2.75) is 38.1 Å². The van der Waals surface area contributed by atoms with Gasteiger partial charge in [-0.3, -0.25) is 9.69 Å². The summed E-state index contributed by atoms with van der Waals surface area (Å²) in [6.07, 6.45) is 1.40. The van der Waals surface area contributed by atoms with Crippen molar-refractivity contribution in [1.29, 1.82) is 0 Å². The minimum atomic E-state index is -0.754. The van der Waals surface area contributed by atoms with E-state index in [0.717, 1.165) is 46.2 Å². The molecule has 178 valence electrons. The van der Waals surface area contributed by atoms with E-state index in [-0.39, 0.29) is 5.91 Å². The third-order valence-electron chi connectivity index (χ3n) is 5.98. The lowest BCUT2D eigenvalue weighted by Crippen LogP contribution is -2.36. The average Bonchev–Trinajstić information content (AvgIpc) is 3.02. The number of rotatable bonds is 6. The molecular formula is C27H26N4O3S. The van der Waals surface area contributed by atoms with Gasteiger partial charge in [-0.05, 0) is 30.0 Å². The number of carbonyl (C=O) groups is 1. The Morgan fingerprint density at radius 3 is 2.60 bits per heavy atom. The number of ether oxygens (including phenoxy) is 2. The normalized spacial score (nSPS) is 14.6. The van der Waals surface area contributed by atoms with Crippen LogP contribution in [0.3, 0.4) is 0 Å². The molecule has 5 rings (SSSR count). The summed E-state index contributed by atoms with van der Waals surface area (Å²) in [7, 11) is 1.65. The quantitative estimate of drug-likeness (QED) is 0.243. The molecule has 1 aliphatic rings. The van der Waals surface area contributed by atoms with Gasteiger partial charge in [0.15, 0.2) is 5.69 Å². The monoisotopic (exact) mass is 486 g/mol. The number of aromatic nitrogens is 3. The van der Waals surface area contributed by atoms with Gasteiger partial charge in [0.25, 0.3) is 0 Å². The molecule has 8 heteroatoms. The Labute approximate surface area is 208 Å². The molecule has 0 fully saturated rings. The van der Waals surface area contributed by atoms with Crippen molar-refractivity contribution < 1.29 is 14.3 Å². The van der Waals surface area contributed by atoms with Crippen LogP contribution >= 0.6 is 11.8 Å². The Bertz CT molecular complexity index is 1390. The highest BCUT2D eigenvalue weighted by molar-refractivity contribution is 7.99. The fraction of sp³-hybridized carbons (Fsp3) is 0.259. The lowest BCUT2D eigenvalue weighted by Gasteiger charge is -2.30. The Morgan fingerprint density at radius 2 is 1.83 bits per heavy atom. The summed E-state index contributed by atoms with van der Waals surface area (Å²) in [6.45, 7) is 3.69. The van der Waals surface area contributed by atoms with E-state index in [1.807, 2.05) is 60.7 Å². The van der Waals surface area contributed by atoms with E-state index >= 15 is 0 Å². The molecule has 0 radical (unpaired) electrons. The van der Waals surface area contributed by atoms with E-state index < -0.39 is 6.23 Å². The standard InChI is InChI=1S/C27H26N4O3S/c1-4-5-16-35-27-28-25-24(29-30-27)21-12-8-9-13-22(21)31(17(2)32)26(34-25)20-14-15-23(33-3)19-11-7-6-10-18(19)20/h6-15,26H,4-5,16H2,1-3H3/t26-/m1/s1. The molecule has 0 saturated carbocycles. The second kappa shape index (κ2) is 9.92. The van der Waals surface area contributed by atoms with Crippen LogP contribution in [0.5, 0.6) is 11.6 Å². The van der Waals surface area contributed by atoms with Crippen LogP contribution in [0.2, 0.25) is 0 Å². The Hall–Kier alpha value is -3.65. The molecule has 3 aromatic carbocycles. The van der Waals surface area contributed by atoms with E-state index in [2.05, 4.69) is 17.1 Å². The van der Waals surface area contributed by atoms with Crippen LogP contribution in [-0.4, -0.2) is 34.0 Å². The first-order valence-electron chi connectivity index (χ1n) is 11.6. The van der Waals surface area contributed by atoms with Gasteiger partial charge in [-0.25, -0.2) is 0 Å². The predicted octanol–water partition coefficient (Wildman–Crippen LogP) is 6.04. The molecule has 0 bridgehead atoms. The molecule has 1 amide bonds. The first-order valence-corrected chi connectivity index (χ1v) is 12.6. The van der Waals surface area contributed by atoms with E-state index in [1.165, 1.54) is 0 Å². The van der Waals surface area contributed by atoms with Crippen molar-refractivity contribution in [3.05, 3.63) is 66.2 Å². The summed E-state index contributed by atoms with van der Waals surface area (Å²) >= 11 is 1.56. The van der Waals surface area contributed by atoms with E-state index in [0.29, 0.717) is 22.4 Å². The fourth-order valence-electron chi connectivity index (χ4n) is 4.31. The molecule has 2 heterocycles. The van der Waals surface area contributed by atoms with Gasteiger partial charge < -0.3 is 9.47 Å². The molecule has 1 aromatic heterocycles. The molecule has 0 aliphatic carbocycles. The van der Waals surface area contributed by atoms with Gasteiger partial charge in [0.1, 0.15) is 5.75 Å². The fourth-order valence-corrected chi connectivity index (χ4v) is 5.17. The summed E-state index contributed by atoms with van der Waals surface area (Å²) in [5.74, 6) is 1.87. The van der Waals surface area contributed by atoms with Gasteiger partial charge in [-0.15, -0.1) is 10.2 Å². The number of hydrogen-bond acceptors (Lipinski definition) is 7. The summed E-state index contributed by atoms with van der Waals surface area (Å²) < 4.78 is 12.2. The van der Waals surface area contributed by atoms with Crippen LogP contribution in [0, 0.1) is 0 Å². The highest BCUT2D eigenvalue weighted by atomic mass is 32.2. The van der Waals surface area contributed by atoms with Crippen molar-refractivity contribution in [2.75, 3.05) is 17.8 Å². The maximum Gasteiger partial charge on any atom is 0.247 e. The molecule has 7 nitrogen and oxygen atoms in total. The van der Waals surface area contributed by atoms with Gasteiger partial charge in [0.2, 0.25) is 23.2 Å². The first-order chi connectivity index (χ1) is 17.1. The zero-order valence-electron chi connectivity index (χ0n) is 19.9. The van der Waals surface area contributed by atoms with Crippen molar-refractivity contribution in [1.82, 2.24) is 15.2 Å². The molecule has 0 N–H and O–H groups in total. The zero-order valence-corrected chi connectivity index (χ0v) is 20.7. The van der Waals surface area contributed by atoms with Gasteiger partial charge in [0.05, 0.1) is 12.8 Å². The summed E-state index contributed by atoms with van der Waals surface area (Å²) in [6, 6.07) is 19.4. The topological polar surface area (TPSA) is 77.4 Å². The SMILES string of the molecule is CCCCSc1nnc2c(n1)O[C@H](c1ccc(OC)c3ccccc13)N(C(C)=O)c1ccccc1-2. The third-order valence-corrected chi connectivity index (χ3v) is 6.91. The van der Waals surface area contributed by atoms with Crippen molar-refractivity contribution in [2.24, 2.45) is 0 Å². The smallest absolute Gasteiger partial charge is 0.247 e. The molecule has 4 aromatic rings. The number of para-hydroxylation sites is 1. The van der Waals surface area contributed by atoms with Gasteiger partial charge in [-0.1, -0.05) is 67.6 Å². The number of thioether (sulfide) groups is 1. The summed E-state index contributed by atoms with van der Waals surface area (Å²) in [5.41, 5.74) is 2.80. The molecule has 0 unspecified atom stereocenters. The minimum Gasteiger partial charge on any atom is -0.496 e. The Balaban J connectivity index is 1.71. The average molecular weight is 487 g/mol. The second-order valence-electron chi connectivity index (χ2n) is 8.23. The van der Waals surface area contributed by atoms with Crippen LogP contribution in [0.1, 0.15) is 38.5 Å². The molecule has 1 aliphatic heterocycles.